The van der Waals surface area contributed by atoms with Gasteiger partial charge in [0, 0.05) is 17.5 Å². The van der Waals surface area contributed by atoms with Crippen LogP contribution in [0.1, 0.15) is 30.9 Å². The fraction of sp³-hybridized carbons (Fsp3) is 0.316. The molecule has 22 heavy (non-hydrogen) atoms. The Bertz CT molecular complexity index is 597. The summed E-state index contributed by atoms with van der Waals surface area (Å²) in [6.45, 7) is 2.05. The molecule has 116 valence electrons. The molecule has 2 nitrogen and oxygen atoms in total. The Labute approximate surface area is 137 Å². The highest BCUT2D eigenvalue weighted by Crippen LogP contribution is 2.16. The third-order valence-corrected chi connectivity index (χ3v) is 4.06. The van der Waals surface area contributed by atoms with Gasteiger partial charge in [-0.15, -0.1) is 0 Å². The minimum absolute atomic E-state index is 0.0838. The Balaban J connectivity index is 1.71. The van der Waals surface area contributed by atoms with Gasteiger partial charge in [0.2, 0.25) is 5.91 Å². The van der Waals surface area contributed by atoms with Gasteiger partial charge in [0.05, 0.1) is 0 Å². The van der Waals surface area contributed by atoms with Gasteiger partial charge in [-0.1, -0.05) is 60.1 Å². The minimum atomic E-state index is 0.0838. The van der Waals surface area contributed by atoms with Crippen molar-refractivity contribution in [2.75, 3.05) is 0 Å². The lowest BCUT2D eigenvalue weighted by Crippen LogP contribution is -2.33. The predicted octanol–water partition coefficient (Wildman–Crippen LogP) is 4.41. The van der Waals surface area contributed by atoms with Crippen molar-refractivity contribution in [3.63, 3.8) is 0 Å². The largest absolute Gasteiger partial charge is 0.354 e. The number of nitrogens with one attached hydrogen (secondary N) is 1. The third-order valence-electron chi connectivity index (χ3n) is 3.70. The van der Waals surface area contributed by atoms with Crippen LogP contribution in [0.4, 0.5) is 0 Å². The maximum absolute atomic E-state index is 12.0. The molecule has 0 radical (unpaired) electrons. The molecule has 3 heteroatoms. The number of amides is 1. The first kappa shape index (κ1) is 16.6. The second-order valence-electron chi connectivity index (χ2n) is 5.58. The molecular weight excluding hydrogens is 294 g/mol. The lowest BCUT2D eigenvalue weighted by Gasteiger charge is -2.14. The summed E-state index contributed by atoms with van der Waals surface area (Å²) in [5, 5.41) is 3.79. The zero-order chi connectivity index (χ0) is 15.8. The number of benzene rings is 2. The molecule has 2 aromatic carbocycles. The molecule has 0 heterocycles. The van der Waals surface area contributed by atoms with Gasteiger partial charge >= 0.3 is 0 Å². The Hall–Kier alpha value is -1.80. The van der Waals surface area contributed by atoms with Crippen LogP contribution < -0.4 is 5.32 Å². The van der Waals surface area contributed by atoms with E-state index in [0.29, 0.717) is 12.8 Å². The fourth-order valence-electron chi connectivity index (χ4n) is 2.40. The summed E-state index contributed by atoms with van der Waals surface area (Å²) in [7, 11) is 0. The Morgan fingerprint density at radius 1 is 1.05 bits per heavy atom. The van der Waals surface area contributed by atoms with E-state index in [1.807, 2.05) is 42.5 Å². The number of carbonyl (C=O) groups is 1. The molecular formula is C19H22ClNO. The molecule has 0 aliphatic rings. The first-order valence-corrected chi connectivity index (χ1v) is 8.09. The van der Waals surface area contributed by atoms with Gasteiger partial charge in [0.25, 0.3) is 0 Å². The highest BCUT2D eigenvalue weighted by Gasteiger charge is 2.09. The molecule has 1 amide bonds. The van der Waals surface area contributed by atoms with E-state index in [2.05, 4.69) is 24.4 Å². The van der Waals surface area contributed by atoms with Crippen molar-refractivity contribution < 1.29 is 4.79 Å². The van der Waals surface area contributed by atoms with E-state index in [4.69, 9.17) is 11.6 Å². The topological polar surface area (TPSA) is 29.1 Å². The van der Waals surface area contributed by atoms with Crippen LogP contribution in [-0.4, -0.2) is 11.9 Å². The smallest absolute Gasteiger partial charge is 0.220 e. The van der Waals surface area contributed by atoms with Gasteiger partial charge in [-0.2, -0.15) is 0 Å². The van der Waals surface area contributed by atoms with Gasteiger partial charge in [-0.25, -0.2) is 0 Å². The van der Waals surface area contributed by atoms with E-state index >= 15 is 0 Å². The number of rotatable bonds is 7. The summed E-state index contributed by atoms with van der Waals surface area (Å²) in [6.07, 6.45) is 3.07. The number of hydrogen-bond acceptors (Lipinski definition) is 1. The molecule has 2 rings (SSSR count). The monoisotopic (exact) mass is 315 g/mol. The van der Waals surface area contributed by atoms with Gasteiger partial charge in [0.1, 0.15) is 0 Å². The Morgan fingerprint density at radius 2 is 1.73 bits per heavy atom. The van der Waals surface area contributed by atoms with Crippen molar-refractivity contribution in [3.05, 3.63) is 70.7 Å². The van der Waals surface area contributed by atoms with Crippen LogP contribution in [0, 0.1) is 0 Å². The maximum atomic E-state index is 12.0. The van der Waals surface area contributed by atoms with Gasteiger partial charge in [-0.05, 0) is 43.4 Å². The molecule has 1 N–H and O–H groups in total. The van der Waals surface area contributed by atoms with E-state index in [1.54, 1.807) is 0 Å². The summed E-state index contributed by atoms with van der Waals surface area (Å²) >= 11 is 6.10. The summed E-state index contributed by atoms with van der Waals surface area (Å²) in [5.41, 5.74) is 2.33. The van der Waals surface area contributed by atoms with Crippen molar-refractivity contribution in [3.8, 4) is 0 Å². The predicted molar refractivity (Wildman–Crippen MR) is 92.1 cm³/mol. The second-order valence-corrected chi connectivity index (χ2v) is 5.99. The van der Waals surface area contributed by atoms with Crippen molar-refractivity contribution in [1.29, 1.82) is 0 Å². The first-order chi connectivity index (χ1) is 10.6. The second kappa shape index (κ2) is 8.60. The lowest BCUT2D eigenvalue weighted by molar-refractivity contribution is -0.121. The summed E-state index contributed by atoms with van der Waals surface area (Å²) in [4.78, 5) is 12.0. The molecule has 0 spiro atoms. The zero-order valence-corrected chi connectivity index (χ0v) is 13.6. The molecule has 0 aliphatic carbocycles. The van der Waals surface area contributed by atoms with Crippen LogP contribution in [0.2, 0.25) is 5.02 Å². The fourth-order valence-corrected chi connectivity index (χ4v) is 2.63. The van der Waals surface area contributed by atoms with Gasteiger partial charge < -0.3 is 5.32 Å². The quantitative estimate of drug-likeness (QED) is 0.805. The van der Waals surface area contributed by atoms with Crippen LogP contribution in [-0.2, 0) is 17.6 Å². The molecule has 0 aromatic heterocycles. The van der Waals surface area contributed by atoms with E-state index in [1.165, 1.54) is 5.56 Å². The number of carbonyl (C=O) groups excluding carboxylic acids is 1. The van der Waals surface area contributed by atoms with Crippen LogP contribution >= 0.6 is 11.6 Å². The first-order valence-electron chi connectivity index (χ1n) is 7.72. The molecule has 2 aromatic rings. The summed E-state index contributed by atoms with van der Waals surface area (Å²) in [6, 6.07) is 18.2. The van der Waals surface area contributed by atoms with Crippen molar-refractivity contribution in [2.24, 2.45) is 0 Å². The van der Waals surface area contributed by atoms with Crippen LogP contribution in [0.15, 0.2) is 54.6 Å². The van der Waals surface area contributed by atoms with Crippen LogP contribution in [0.5, 0.6) is 0 Å². The van der Waals surface area contributed by atoms with E-state index < -0.39 is 0 Å². The molecule has 0 unspecified atom stereocenters. The standard InChI is InChI=1S/C19H22ClNO/c1-15(11-12-16-7-3-2-4-8-16)21-19(22)14-13-17-9-5-6-10-18(17)20/h2-10,15H,11-14H2,1H3,(H,21,22)/t15-/m0/s1. The molecule has 0 saturated carbocycles. The van der Waals surface area contributed by atoms with E-state index in [9.17, 15) is 4.79 Å². The molecule has 0 saturated heterocycles. The van der Waals surface area contributed by atoms with Crippen LogP contribution in [0.25, 0.3) is 0 Å². The maximum Gasteiger partial charge on any atom is 0.220 e. The van der Waals surface area contributed by atoms with Crippen molar-refractivity contribution in [1.82, 2.24) is 5.32 Å². The summed E-state index contributed by atoms with van der Waals surface area (Å²) in [5.74, 6) is 0.0838. The van der Waals surface area contributed by atoms with Gasteiger partial charge in [0.15, 0.2) is 0 Å². The van der Waals surface area contributed by atoms with E-state index in [0.717, 1.165) is 23.4 Å². The SMILES string of the molecule is C[C@@H](CCc1ccccc1)NC(=O)CCc1ccccc1Cl. The summed E-state index contributed by atoms with van der Waals surface area (Å²) < 4.78 is 0. The zero-order valence-electron chi connectivity index (χ0n) is 12.9. The number of aryl methyl sites for hydroxylation is 2. The minimum Gasteiger partial charge on any atom is -0.354 e. The molecule has 0 aliphatic heterocycles. The highest BCUT2D eigenvalue weighted by atomic mass is 35.5. The van der Waals surface area contributed by atoms with E-state index in [-0.39, 0.29) is 11.9 Å². The molecule has 0 fully saturated rings. The Morgan fingerprint density at radius 3 is 2.45 bits per heavy atom. The van der Waals surface area contributed by atoms with Crippen molar-refractivity contribution in [2.45, 2.75) is 38.6 Å². The molecule has 0 bridgehead atoms. The number of hydrogen-bond donors (Lipinski definition) is 1. The average Bonchev–Trinajstić information content (AvgIpc) is 2.53. The van der Waals surface area contributed by atoms with Crippen molar-refractivity contribution >= 4 is 17.5 Å². The lowest BCUT2D eigenvalue weighted by atomic mass is 10.1. The van der Waals surface area contributed by atoms with Crippen LogP contribution in [0.3, 0.4) is 0 Å². The molecule has 1 atom stereocenters. The highest BCUT2D eigenvalue weighted by molar-refractivity contribution is 6.31. The number of halogens is 1. The average molecular weight is 316 g/mol. The normalized spacial score (nSPS) is 11.9. The third kappa shape index (κ3) is 5.53. The van der Waals surface area contributed by atoms with Gasteiger partial charge in [-0.3, -0.25) is 4.79 Å². The Kier molecular flexibility index (Phi) is 6.47.